The third-order valence-corrected chi connectivity index (χ3v) is 18.1. The first kappa shape index (κ1) is 28.7. The molecule has 0 saturated carbocycles. The van der Waals surface area contributed by atoms with Gasteiger partial charge in [-0.3, -0.25) is 0 Å². The first-order valence-corrected chi connectivity index (χ1v) is 18.0. The Morgan fingerprint density at radius 1 is 0.710 bits per heavy atom. The molecular formula is C28H42Cl2Zr. The van der Waals surface area contributed by atoms with Crippen molar-refractivity contribution in [2.24, 2.45) is 10.8 Å². The van der Waals surface area contributed by atoms with Crippen molar-refractivity contribution in [3.05, 3.63) is 77.9 Å². The maximum atomic E-state index is 2.73. The van der Waals surface area contributed by atoms with E-state index < -0.39 is 20.3 Å². The molecule has 2 aliphatic carbocycles. The average Bonchev–Trinajstić information content (AvgIpc) is 3.22. The summed E-state index contributed by atoms with van der Waals surface area (Å²) < 4.78 is 7.76. The van der Waals surface area contributed by atoms with E-state index in [1.54, 1.807) is 11.1 Å². The Kier molecular flexibility index (Phi) is 10.3. The molecule has 0 aliphatic heterocycles. The Bertz CT molecular complexity index is 809. The minimum absolute atomic E-state index is 0. The summed E-state index contributed by atoms with van der Waals surface area (Å²) in [6.45, 7) is 14.3. The summed E-state index contributed by atoms with van der Waals surface area (Å²) in [5, 5.41) is 0. The van der Waals surface area contributed by atoms with Gasteiger partial charge in [-0.25, -0.2) is 0 Å². The Morgan fingerprint density at radius 3 is 1.52 bits per heavy atom. The van der Waals surface area contributed by atoms with E-state index in [2.05, 4.69) is 101 Å². The monoisotopic (exact) mass is 538 g/mol. The molecule has 0 unspecified atom stereocenters. The minimum atomic E-state index is -2.79. The number of allylic oxidation sites excluding steroid dienone is 8. The van der Waals surface area contributed by atoms with Crippen molar-refractivity contribution in [2.45, 2.75) is 76.0 Å². The number of benzene rings is 1. The third-order valence-electron chi connectivity index (χ3n) is 6.23. The molecule has 0 spiro atoms. The summed E-state index contributed by atoms with van der Waals surface area (Å²) in [4.78, 5) is 0. The summed E-state index contributed by atoms with van der Waals surface area (Å²) in [6.07, 6.45) is 14.6. The molecule has 0 fully saturated rings. The van der Waals surface area contributed by atoms with Crippen LogP contribution in [0.4, 0.5) is 0 Å². The molecule has 0 radical (unpaired) electrons. The van der Waals surface area contributed by atoms with Gasteiger partial charge >= 0.3 is 185 Å². The fourth-order valence-corrected chi connectivity index (χ4v) is 16.8. The average molecular weight is 541 g/mol. The molecule has 0 atom stereocenters. The Balaban J connectivity index is 0.00000240. The standard InChI is InChI=1S/2C10H15.C7H7.CH3.2ClH.Zr/c2*1-10(2,3)8-9-6-4-5-7-9;1-7-5-3-2-4-6-7;;;;/h2*4,6H,5,8H2,1-3H3;2-6H,1H2;1H3;2*1H;. The van der Waals surface area contributed by atoms with Gasteiger partial charge in [-0.1, -0.05) is 0 Å². The van der Waals surface area contributed by atoms with E-state index in [1.807, 2.05) is 6.56 Å². The van der Waals surface area contributed by atoms with E-state index in [9.17, 15) is 0 Å². The van der Waals surface area contributed by atoms with E-state index in [4.69, 9.17) is 0 Å². The summed E-state index contributed by atoms with van der Waals surface area (Å²) in [6, 6.07) is 11.3. The van der Waals surface area contributed by atoms with Crippen molar-refractivity contribution < 1.29 is 20.3 Å². The molecule has 0 nitrogen and oxygen atoms in total. The van der Waals surface area contributed by atoms with Crippen LogP contribution in [0.3, 0.4) is 0 Å². The molecule has 3 rings (SSSR count). The Morgan fingerprint density at radius 2 is 1.13 bits per heavy atom. The van der Waals surface area contributed by atoms with Crippen molar-refractivity contribution in [1.29, 1.82) is 0 Å². The van der Waals surface area contributed by atoms with Gasteiger partial charge in [0.2, 0.25) is 0 Å². The second-order valence-corrected chi connectivity index (χ2v) is 22.1. The topological polar surface area (TPSA) is 0 Å². The predicted molar refractivity (Wildman–Crippen MR) is 140 cm³/mol. The number of halogens is 2. The van der Waals surface area contributed by atoms with Gasteiger partial charge in [0.05, 0.1) is 0 Å². The van der Waals surface area contributed by atoms with Crippen LogP contribution in [0.2, 0.25) is 4.63 Å². The largest absolute Gasteiger partial charge is 0.147 e. The summed E-state index contributed by atoms with van der Waals surface area (Å²) in [5.41, 5.74) is 5.55. The third kappa shape index (κ3) is 7.59. The summed E-state index contributed by atoms with van der Waals surface area (Å²) in [7, 11) is 0. The molecule has 31 heavy (non-hydrogen) atoms. The van der Waals surface area contributed by atoms with Gasteiger partial charge in [0.15, 0.2) is 0 Å². The summed E-state index contributed by atoms with van der Waals surface area (Å²) >= 11 is -2.79. The van der Waals surface area contributed by atoms with Crippen LogP contribution in [0.15, 0.2) is 72.3 Å². The molecule has 0 bridgehead atoms. The molecule has 0 heterocycles. The van der Waals surface area contributed by atoms with E-state index in [1.165, 1.54) is 35.4 Å². The van der Waals surface area contributed by atoms with Gasteiger partial charge in [-0.2, -0.15) is 0 Å². The fourth-order valence-electron chi connectivity index (χ4n) is 5.13. The van der Waals surface area contributed by atoms with Crippen LogP contribution in [0.25, 0.3) is 0 Å². The normalized spacial score (nSPS) is 16.6. The van der Waals surface area contributed by atoms with Crippen molar-refractivity contribution in [3.63, 3.8) is 0 Å². The molecule has 2 aliphatic rings. The number of hydrogen-bond donors (Lipinski definition) is 0. The van der Waals surface area contributed by atoms with Gasteiger partial charge in [0.25, 0.3) is 0 Å². The second-order valence-electron chi connectivity index (χ2n) is 11.7. The molecule has 172 valence electrons. The zero-order valence-electron chi connectivity index (χ0n) is 20.5. The van der Waals surface area contributed by atoms with E-state index in [-0.39, 0.29) is 24.8 Å². The maximum Gasteiger partial charge on any atom is -0.147 e. The van der Waals surface area contributed by atoms with Crippen molar-refractivity contribution in [1.82, 2.24) is 0 Å². The van der Waals surface area contributed by atoms with E-state index >= 15 is 0 Å². The number of rotatable bonds is 6. The van der Waals surface area contributed by atoms with Crippen LogP contribution >= 0.6 is 24.8 Å². The number of hydrogen-bond acceptors (Lipinski definition) is 0. The molecular weight excluding hydrogens is 498 g/mol. The van der Waals surface area contributed by atoms with Crippen LogP contribution in [0.5, 0.6) is 0 Å². The zero-order valence-corrected chi connectivity index (χ0v) is 24.6. The molecule has 1 aromatic carbocycles. The second kappa shape index (κ2) is 11.2. The smallest absolute Gasteiger partial charge is 0.147 e. The van der Waals surface area contributed by atoms with Gasteiger partial charge in [-0.15, -0.1) is 24.8 Å². The van der Waals surface area contributed by atoms with Crippen molar-refractivity contribution in [3.8, 4) is 0 Å². The minimum Gasteiger partial charge on any atom is -0.147 e. The quantitative estimate of drug-likeness (QED) is 0.337. The Labute approximate surface area is 208 Å². The van der Waals surface area contributed by atoms with Crippen LogP contribution in [-0.4, -0.2) is 0 Å². The van der Waals surface area contributed by atoms with Crippen LogP contribution < -0.4 is 0 Å². The maximum absolute atomic E-state index is 2.79. The van der Waals surface area contributed by atoms with E-state index in [0.717, 1.165) is 0 Å². The van der Waals surface area contributed by atoms with Gasteiger partial charge in [-0.05, 0) is 0 Å². The molecule has 0 N–H and O–H groups in total. The predicted octanol–water partition coefficient (Wildman–Crippen LogP) is 9.53. The van der Waals surface area contributed by atoms with Crippen LogP contribution in [0, 0.1) is 10.8 Å². The first-order valence-electron chi connectivity index (χ1n) is 11.3. The zero-order chi connectivity index (χ0) is 21.3. The van der Waals surface area contributed by atoms with Crippen molar-refractivity contribution in [2.75, 3.05) is 0 Å². The molecule has 3 heteroatoms. The summed E-state index contributed by atoms with van der Waals surface area (Å²) in [5.74, 6) is 0. The van der Waals surface area contributed by atoms with Crippen LogP contribution in [-0.2, 0) is 24.4 Å². The molecule has 1 aromatic rings. The van der Waals surface area contributed by atoms with Gasteiger partial charge in [0.1, 0.15) is 0 Å². The van der Waals surface area contributed by atoms with Gasteiger partial charge in [0, 0.05) is 0 Å². The Hall–Kier alpha value is -0.357. The van der Waals surface area contributed by atoms with Crippen LogP contribution in [0.1, 0.15) is 72.8 Å². The fraction of sp³-hybridized carbons (Fsp3) is 0.500. The SMILES string of the molecule is CC(C)(C)CC1=[C]([Zr]([CH3])([CH2]c2ccccc2)[C]2=C(CC(C)(C)C)C=CC2)CC=C1.Cl.Cl. The van der Waals surface area contributed by atoms with Gasteiger partial charge < -0.3 is 0 Å². The molecule has 0 aromatic heterocycles. The molecule has 0 saturated heterocycles. The first-order chi connectivity index (χ1) is 13.5. The van der Waals surface area contributed by atoms with E-state index in [0.29, 0.717) is 10.8 Å². The molecule has 0 amide bonds. The van der Waals surface area contributed by atoms with Crippen molar-refractivity contribution >= 4 is 24.8 Å².